The third kappa shape index (κ3) is 2.16. The molecule has 21 heavy (non-hydrogen) atoms. The van der Waals surface area contributed by atoms with Crippen LogP contribution in [0.2, 0.25) is 0 Å². The Morgan fingerprint density at radius 2 is 2.24 bits per heavy atom. The van der Waals surface area contributed by atoms with Gasteiger partial charge in [-0.1, -0.05) is 5.16 Å². The maximum atomic E-state index is 12.3. The van der Waals surface area contributed by atoms with Crippen LogP contribution in [0.5, 0.6) is 0 Å². The predicted molar refractivity (Wildman–Crippen MR) is 71.5 cm³/mol. The van der Waals surface area contributed by atoms with Gasteiger partial charge in [-0.25, -0.2) is 0 Å². The van der Waals surface area contributed by atoms with Crippen LogP contribution in [-0.4, -0.2) is 57.9 Å². The monoisotopic (exact) mass is 289 g/mol. The molecule has 3 aliphatic rings. The highest BCUT2D eigenvalue weighted by atomic mass is 16.6. The number of carbonyl (C=O) groups excluding carboxylic acids is 2. The van der Waals surface area contributed by atoms with Crippen LogP contribution in [0.4, 0.5) is 0 Å². The first-order valence-corrected chi connectivity index (χ1v) is 7.05. The van der Waals surface area contributed by atoms with E-state index >= 15 is 0 Å². The molecule has 8 heteroatoms. The highest BCUT2D eigenvalue weighted by Gasteiger charge is 2.47. The molecule has 1 aromatic heterocycles. The maximum Gasteiger partial charge on any atom is 0.272 e. The lowest BCUT2D eigenvalue weighted by Crippen LogP contribution is -2.38. The SMILES string of the molecule is O=C(NC1CC1)C1=NO[C@@H]2CN(C(=O)c3ccn[nH]3)C[C@H]12. The first-order valence-electron chi connectivity index (χ1n) is 7.05. The van der Waals surface area contributed by atoms with Gasteiger partial charge in [-0.05, 0) is 18.9 Å². The van der Waals surface area contributed by atoms with Crippen LogP contribution in [0.3, 0.4) is 0 Å². The van der Waals surface area contributed by atoms with Crippen LogP contribution in [0, 0.1) is 5.92 Å². The topological polar surface area (TPSA) is 99.7 Å². The van der Waals surface area contributed by atoms with Gasteiger partial charge in [-0.3, -0.25) is 14.7 Å². The zero-order valence-electron chi connectivity index (χ0n) is 11.3. The first-order chi connectivity index (χ1) is 10.2. The fourth-order valence-corrected chi connectivity index (χ4v) is 2.74. The van der Waals surface area contributed by atoms with Crippen molar-refractivity contribution in [3.63, 3.8) is 0 Å². The standard InChI is InChI=1S/C13H15N5O3/c19-12(15-7-1-2-7)11-8-5-18(6-10(8)21-17-11)13(20)9-3-4-14-16-9/h3-4,7-8,10H,1-2,5-6H2,(H,14,16)(H,15,19)/t8-,10+/m0/s1. The zero-order valence-corrected chi connectivity index (χ0v) is 11.3. The molecule has 3 heterocycles. The van der Waals surface area contributed by atoms with Crippen LogP contribution in [0.25, 0.3) is 0 Å². The van der Waals surface area contributed by atoms with Crippen molar-refractivity contribution in [3.05, 3.63) is 18.0 Å². The highest BCUT2D eigenvalue weighted by Crippen LogP contribution is 2.29. The molecule has 0 aromatic carbocycles. The Morgan fingerprint density at radius 1 is 1.38 bits per heavy atom. The molecule has 0 bridgehead atoms. The largest absolute Gasteiger partial charge is 0.389 e. The van der Waals surface area contributed by atoms with Gasteiger partial charge in [-0.15, -0.1) is 0 Å². The molecule has 2 atom stereocenters. The Morgan fingerprint density at radius 3 is 2.95 bits per heavy atom. The Balaban J connectivity index is 1.44. The van der Waals surface area contributed by atoms with Gasteiger partial charge in [0.15, 0.2) is 11.8 Å². The summed E-state index contributed by atoms with van der Waals surface area (Å²) in [7, 11) is 0. The summed E-state index contributed by atoms with van der Waals surface area (Å²) in [6.45, 7) is 0.881. The molecule has 1 saturated carbocycles. The minimum absolute atomic E-state index is 0.132. The van der Waals surface area contributed by atoms with Crippen LogP contribution >= 0.6 is 0 Å². The number of hydrogen-bond donors (Lipinski definition) is 2. The number of amides is 2. The Labute approximate surface area is 120 Å². The quantitative estimate of drug-likeness (QED) is 0.784. The van der Waals surface area contributed by atoms with E-state index in [0.717, 1.165) is 12.8 Å². The van der Waals surface area contributed by atoms with Gasteiger partial charge in [0.1, 0.15) is 5.69 Å². The lowest BCUT2D eigenvalue weighted by Gasteiger charge is -2.15. The molecular formula is C13H15N5O3. The molecule has 1 saturated heterocycles. The average Bonchev–Trinajstić information content (AvgIpc) is 2.94. The van der Waals surface area contributed by atoms with Gasteiger partial charge >= 0.3 is 0 Å². The van der Waals surface area contributed by atoms with Crippen molar-refractivity contribution in [1.29, 1.82) is 0 Å². The number of carbonyl (C=O) groups is 2. The van der Waals surface area contributed by atoms with E-state index in [9.17, 15) is 9.59 Å². The molecular weight excluding hydrogens is 274 g/mol. The molecule has 0 unspecified atom stereocenters. The van der Waals surface area contributed by atoms with Crippen LogP contribution in [-0.2, 0) is 9.63 Å². The number of rotatable bonds is 3. The van der Waals surface area contributed by atoms with Crippen molar-refractivity contribution in [2.75, 3.05) is 13.1 Å². The second kappa shape index (κ2) is 4.57. The number of nitrogens with zero attached hydrogens (tertiary/aromatic N) is 3. The molecule has 2 N–H and O–H groups in total. The minimum atomic E-state index is -0.225. The van der Waals surface area contributed by atoms with Gasteiger partial charge in [0.2, 0.25) is 0 Å². The van der Waals surface area contributed by atoms with Crippen molar-refractivity contribution in [2.45, 2.75) is 25.0 Å². The van der Waals surface area contributed by atoms with E-state index in [4.69, 9.17) is 4.84 Å². The summed E-state index contributed by atoms with van der Waals surface area (Å²) >= 11 is 0. The number of aromatic nitrogens is 2. The molecule has 2 fully saturated rings. The smallest absolute Gasteiger partial charge is 0.272 e. The summed E-state index contributed by atoms with van der Waals surface area (Å²) in [5, 5.41) is 13.2. The molecule has 8 nitrogen and oxygen atoms in total. The maximum absolute atomic E-state index is 12.3. The van der Waals surface area contributed by atoms with Crippen molar-refractivity contribution in [3.8, 4) is 0 Å². The van der Waals surface area contributed by atoms with Crippen molar-refractivity contribution < 1.29 is 14.4 Å². The molecule has 1 aromatic rings. The number of aromatic amines is 1. The lowest BCUT2D eigenvalue weighted by atomic mass is 10.0. The zero-order chi connectivity index (χ0) is 14.4. The Kier molecular flexibility index (Phi) is 2.69. The van der Waals surface area contributed by atoms with Gasteiger partial charge in [-0.2, -0.15) is 5.10 Å². The van der Waals surface area contributed by atoms with Crippen molar-refractivity contribution >= 4 is 17.5 Å². The normalized spacial score (nSPS) is 27.0. The van der Waals surface area contributed by atoms with Gasteiger partial charge < -0.3 is 15.1 Å². The number of hydrogen-bond acceptors (Lipinski definition) is 5. The third-order valence-electron chi connectivity index (χ3n) is 4.07. The Hall–Kier alpha value is -2.38. The van der Waals surface area contributed by atoms with Gasteiger partial charge in [0, 0.05) is 18.8 Å². The number of fused-ring (bicyclic) bond motifs is 1. The van der Waals surface area contributed by atoms with E-state index in [1.807, 2.05) is 0 Å². The molecule has 110 valence electrons. The number of likely N-dealkylation sites (tertiary alicyclic amines) is 1. The fraction of sp³-hybridized carbons (Fsp3) is 0.538. The third-order valence-corrected chi connectivity index (χ3v) is 4.07. The molecule has 1 aliphatic carbocycles. The summed E-state index contributed by atoms with van der Waals surface area (Å²) in [6, 6.07) is 1.91. The van der Waals surface area contributed by atoms with E-state index in [2.05, 4.69) is 20.7 Å². The van der Waals surface area contributed by atoms with E-state index in [1.165, 1.54) is 6.20 Å². The second-order valence-electron chi connectivity index (χ2n) is 5.66. The predicted octanol–water partition coefficient (Wildman–Crippen LogP) is -0.485. The summed E-state index contributed by atoms with van der Waals surface area (Å²) < 4.78 is 0. The molecule has 4 rings (SSSR count). The van der Waals surface area contributed by atoms with E-state index in [-0.39, 0.29) is 29.9 Å². The molecule has 0 spiro atoms. The summed E-state index contributed by atoms with van der Waals surface area (Å²) in [6.07, 6.45) is 3.37. The van der Waals surface area contributed by atoms with E-state index < -0.39 is 0 Å². The highest BCUT2D eigenvalue weighted by molar-refractivity contribution is 6.40. The van der Waals surface area contributed by atoms with E-state index in [0.29, 0.717) is 24.5 Å². The number of H-pyrrole nitrogens is 1. The second-order valence-corrected chi connectivity index (χ2v) is 5.66. The number of nitrogens with one attached hydrogen (secondary N) is 2. The molecule has 0 radical (unpaired) electrons. The van der Waals surface area contributed by atoms with Crippen LogP contribution in [0.1, 0.15) is 23.3 Å². The van der Waals surface area contributed by atoms with Crippen molar-refractivity contribution in [1.82, 2.24) is 20.4 Å². The fourth-order valence-electron chi connectivity index (χ4n) is 2.74. The van der Waals surface area contributed by atoms with Crippen LogP contribution in [0.15, 0.2) is 17.4 Å². The molecule has 2 aliphatic heterocycles. The minimum Gasteiger partial charge on any atom is -0.389 e. The van der Waals surface area contributed by atoms with Gasteiger partial charge in [0.25, 0.3) is 11.8 Å². The summed E-state index contributed by atoms with van der Waals surface area (Å²) in [4.78, 5) is 31.4. The summed E-state index contributed by atoms with van der Waals surface area (Å²) in [5.74, 6) is -0.441. The van der Waals surface area contributed by atoms with E-state index in [1.54, 1.807) is 11.0 Å². The van der Waals surface area contributed by atoms with Crippen LogP contribution < -0.4 is 5.32 Å². The first kappa shape index (κ1) is 12.4. The Bertz CT molecular complexity index is 607. The molecule has 2 amide bonds. The average molecular weight is 289 g/mol. The van der Waals surface area contributed by atoms with Crippen molar-refractivity contribution in [2.24, 2.45) is 11.1 Å². The lowest BCUT2D eigenvalue weighted by molar-refractivity contribution is -0.115. The number of oxime groups is 1. The summed E-state index contributed by atoms with van der Waals surface area (Å²) in [5.41, 5.74) is 0.850. The van der Waals surface area contributed by atoms with Gasteiger partial charge in [0.05, 0.1) is 12.5 Å².